The maximum absolute atomic E-state index is 13.4. The summed E-state index contributed by atoms with van der Waals surface area (Å²) in [6.07, 6.45) is 3.88. The number of methoxy groups -OCH3 is 1. The van der Waals surface area contributed by atoms with Crippen molar-refractivity contribution in [2.45, 2.75) is 63.4 Å². The maximum Gasteiger partial charge on any atom is 0.350 e. The van der Waals surface area contributed by atoms with Crippen molar-refractivity contribution in [1.82, 2.24) is 0 Å². The van der Waals surface area contributed by atoms with Crippen molar-refractivity contribution in [3.63, 3.8) is 0 Å². The molecule has 2 aromatic carbocycles. The van der Waals surface area contributed by atoms with Crippen LogP contribution in [0.15, 0.2) is 42.5 Å². The Kier molecular flexibility index (Phi) is 6.05. The number of carbonyl (C=O) groups is 2. The summed E-state index contributed by atoms with van der Waals surface area (Å²) in [4.78, 5) is 27.8. The topological polar surface area (TPSA) is 76.1 Å². The third-order valence-electron chi connectivity index (χ3n) is 9.51. The Balaban J connectivity index is 1.66. The van der Waals surface area contributed by atoms with Crippen molar-refractivity contribution < 1.29 is 24.2 Å². The van der Waals surface area contributed by atoms with Crippen LogP contribution in [0.25, 0.3) is 0 Å². The highest BCUT2D eigenvalue weighted by Gasteiger charge is 2.69. The molecule has 0 bridgehead atoms. The molecule has 2 saturated carbocycles. The number of phenolic OH excluding ortho intramolecular Hbond substituents is 1. The lowest BCUT2D eigenvalue weighted by Crippen LogP contribution is -2.58. The maximum atomic E-state index is 13.4. The van der Waals surface area contributed by atoms with Crippen LogP contribution in [0, 0.1) is 17.3 Å². The molecule has 1 N–H and O–H groups in total. The standard InChI is InChI=1S/C30H37NO5/c1-18(32)36-30(28(34)35-5)15-14-26-24-12-8-20-16-22(33)11-13-23(20)27(24)25(17-29(26,30)2)19-6-9-21(10-7-19)31(3)4/h6-7,9-11,13,16,24-27,33H,8,12,14-15,17H2,1-5H3/t24?,25?,26?,27?,29-,30+/m0/s1. The van der Waals surface area contributed by atoms with Crippen LogP contribution in [0.4, 0.5) is 5.69 Å². The molecule has 5 rings (SSSR count). The zero-order valence-electron chi connectivity index (χ0n) is 21.9. The fourth-order valence-electron chi connectivity index (χ4n) is 7.98. The van der Waals surface area contributed by atoms with Gasteiger partial charge in [0.2, 0.25) is 5.60 Å². The Morgan fingerprint density at radius 3 is 2.44 bits per heavy atom. The van der Waals surface area contributed by atoms with Crippen molar-refractivity contribution in [3.05, 3.63) is 59.2 Å². The van der Waals surface area contributed by atoms with E-state index in [4.69, 9.17) is 9.47 Å². The molecule has 6 nitrogen and oxygen atoms in total. The van der Waals surface area contributed by atoms with Crippen molar-refractivity contribution in [3.8, 4) is 5.75 Å². The van der Waals surface area contributed by atoms with Gasteiger partial charge in [-0.1, -0.05) is 25.1 Å². The lowest BCUT2D eigenvalue weighted by Gasteiger charge is -2.56. The van der Waals surface area contributed by atoms with Gasteiger partial charge in [-0.25, -0.2) is 4.79 Å². The summed E-state index contributed by atoms with van der Waals surface area (Å²) in [7, 11) is 5.45. The first-order valence-corrected chi connectivity index (χ1v) is 13.0. The number of phenols is 1. The molecular weight excluding hydrogens is 454 g/mol. The van der Waals surface area contributed by atoms with Gasteiger partial charge in [0.05, 0.1) is 7.11 Å². The number of nitrogens with zero attached hydrogens (tertiary/aromatic N) is 1. The van der Waals surface area contributed by atoms with Gasteiger partial charge in [-0.15, -0.1) is 0 Å². The van der Waals surface area contributed by atoms with Crippen LogP contribution in [0.5, 0.6) is 5.75 Å². The number of ether oxygens (including phenoxy) is 2. The van der Waals surface area contributed by atoms with Crippen molar-refractivity contribution in [1.29, 1.82) is 0 Å². The minimum Gasteiger partial charge on any atom is -0.508 e. The molecule has 0 radical (unpaired) electrons. The van der Waals surface area contributed by atoms with Gasteiger partial charge in [0.15, 0.2) is 0 Å². The molecule has 2 aromatic rings. The lowest BCUT2D eigenvalue weighted by atomic mass is 9.49. The number of esters is 2. The molecule has 0 amide bonds. The largest absolute Gasteiger partial charge is 0.508 e. The van der Waals surface area contributed by atoms with Crippen LogP contribution >= 0.6 is 0 Å². The van der Waals surface area contributed by atoms with E-state index in [0.29, 0.717) is 24.5 Å². The molecule has 192 valence electrons. The third kappa shape index (κ3) is 3.60. The van der Waals surface area contributed by atoms with E-state index in [9.17, 15) is 14.7 Å². The van der Waals surface area contributed by atoms with E-state index in [2.05, 4.69) is 42.2 Å². The lowest BCUT2D eigenvalue weighted by molar-refractivity contribution is -0.200. The Morgan fingerprint density at radius 2 is 1.81 bits per heavy atom. The Bertz CT molecular complexity index is 1170. The summed E-state index contributed by atoms with van der Waals surface area (Å²) < 4.78 is 11.3. The van der Waals surface area contributed by atoms with Gasteiger partial charge < -0.3 is 19.5 Å². The SMILES string of the molecule is COC(=O)[C@]1(OC(C)=O)CCC2C3CCc4cc(O)ccc4C3C(c3ccc(N(C)C)cc3)C[C@@]21C. The second kappa shape index (κ2) is 8.82. The first-order valence-electron chi connectivity index (χ1n) is 13.0. The van der Waals surface area contributed by atoms with E-state index in [1.54, 1.807) is 6.07 Å². The second-order valence-corrected chi connectivity index (χ2v) is 11.4. The molecule has 0 aliphatic heterocycles. The fraction of sp³-hybridized carbons (Fsp3) is 0.533. The van der Waals surface area contributed by atoms with Gasteiger partial charge in [0, 0.05) is 32.1 Å². The first kappa shape index (κ1) is 24.7. The summed E-state index contributed by atoms with van der Waals surface area (Å²) in [5.41, 5.74) is 3.05. The van der Waals surface area contributed by atoms with Crippen LogP contribution in [0.1, 0.15) is 68.1 Å². The van der Waals surface area contributed by atoms with E-state index >= 15 is 0 Å². The van der Waals surface area contributed by atoms with Crippen LogP contribution in [0.2, 0.25) is 0 Å². The van der Waals surface area contributed by atoms with Gasteiger partial charge in [0.25, 0.3) is 0 Å². The van der Waals surface area contributed by atoms with Crippen LogP contribution in [-0.2, 0) is 25.5 Å². The minimum atomic E-state index is -1.28. The van der Waals surface area contributed by atoms with Crippen LogP contribution in [0.3, 0.4) is 0 Å². The number of aryl methyl sites for hydroxylation is 1. The average Bonchev–Trinajstić information content (AvgIpc) is 3.14. The summed E-state index contributed by atoms with van der Waals surface area (Å²) in [6, 6.07) is 14.5. The number of hydrogen-bond acceptors (Lipinski definition) is 6. The normalized spacial score (nSPS) is 32.6. The van der Waals surface area contributed by atoms with Gasteiger partial charge in [-0.05, 0) is 96.7 Å². The van der Waals surface area contributed by atoms with Gasteiger partial charge in [-0.3, -0.25) is 4.79 Å². The summed E-state index contributed by atoms with van der Waals surface area (Å²) in [6.45, 7) is 3.53. The van der Waals surface area contributed by atoms with Crippen molar-refractivity contribution in [2.75, 3.05) is 26.1 Å². The smallest absolute Gasteiger partial charge is 0.350 e. The summed E-state index contributed by atoms with van der Waals surface area (Å²) in [5, 5.41) is 10.2. The van der Waals surface area contributed by atoms with Gasteiger partial charge >= 0.3 is 11.9 Å². The average molecular weight is 492 g/mol. The van der Waals surface area contributed by atoms with E-state index < -0.39 is 23.0 Å². The molecule has 6 heteroatoms. The molecule has 3 aliphatic carbocycles. The zero-order chi connectivity index (χ0) is 25.8. The number of aromatic hydroxyl groups is 1. The predicted molar refractivity (Wildman–Crippen MR) is 138 cm³/mol. The Hall–Kier alpha value is -3.02. The van der Waals surface area contributed by atoms with E-state index in [0.717, 1.165) is 24.9 Å². The second-order valence-electron chi connectivity index (χ2n) is 11.4. The molecule has 0 spiro atoms. The number of fused-ring (bicyclic) bond motifs is 5. The summed E-state index contributed by atoms with van der Waals surface area (Å²) >= 11 is 0. The highest BCUT2D eigenvalue weighted by Crippen LogP contribution is 2.68. The quantitative estimate of drug-likeness (QED) is 0.594. The van der Waals surface area contributed by atoms with E-state index in [1.165, 1.54) is 30.7 Å². The molecule has 0 saturated heterocycles. The van der Waals surface area contributed by atoms with Crippen LogP contribution < -0.4 is 4.90 Å². The molecule has 3 aliphatic rings. The number of anilines is 1. The zero-order valence-corrected chi connectivity index (χ0v) is 21.9. The minimum absolute atomic E-state index is 0.133. The molecule has 0 aromatic heterocycles. The van der Waals surface area contributed by atoms with Gasteiger partial charge in [-0.2, -0.15) is 0 Å². The van der Waals surface area contributed by atoms with Crippen molar-refractivity contribution >= 4 is 17.6 Å². The summed E-state index contributed by atoms with van der Waals surface area (Å²) in [5.74, 6) is 0.378. The number of hydrogen-bond donors (Lipinski definition) is 1. The monoisotopic (exact) mass is 491 g/mol. The molecule has 0 heterocycles. The Labute approximate surface area is 213 Å². The predicted octanol–water partition coefficient (Wildman–Crippen LogP) is 5.18. The highest BCUT2D eigenvalue weighted by atomic mass is 16.6. The molecule has 4 unspecified atom stereocenters. The number of carbonyl (C=O) groups excluding carboxylic acids is 2. The third-order valence-corrected chi connectivity index (χ3v) is 9.51. The fourth-order valence-corrected chi connectivity index (χ4v) is 7.98. The van der Waals surface area contributed by atoms with Crippen molar-refractivity contribution in [2.24, 2.45) is 17.3 Å². The van der Waals surface area contributed by atoms with Crippen LogP contribution in [-0.4, -0.2) is 43.9 Å². The highest BCUT2D eigenvalue weighted by molar-refractivity contribution is 5.84. The van der Waals surface area contributed by atoms with Gasteiger partial charge in [0.1, 0.15) is 5.75 Å². The number of benzene rings is 2. The number of rotatable bonds is 4. The molecule has 36 heavy (non-hydrogen) atoms. The molecule has 6 atom stereocenters. The first-order chi connectivity index (χ1) is 17.1. The Morgan fingerprint density at radius 1 is 1.08 bits per heavy atom. The molecule has 2 fully saturated rings. The van der Waals surface area contributed by atoms with E-state index in [1.807, 2.05) is 20.2 Å². The van der Waals surface area contributed by atoms with E-state index in [-0.39, 0.29) is 17.8 Å². The molecular formula is C30H37NO5.